The van der Waals surface area contributed by atoms with Crippen molar-refractivity contribution in [1.82, 2.24) is 9.55 Å². The molecule has 0 aliphatic carbocycles. The molecule has 0 bridgehead atoms. The zero-order valence-corrected chi connectivity index (χ0v) is 16.1. The molecule has 1 atom stereocenters. The number of anilines is 1. The lowest BCUT2D eigenvalue weighted by Gasteiger charge is -2.18. The fourth-order valence-corrected chi connectivity index (χ4v) is 3.71. The molecule has 7 heteroatoms. The Balaban J connectivity index is 1.91. The zero-order valence-electron chi connectivity index (χ0n) is 15.3. The van der Waals surface area contributed by atoms with Crippen molar-refractivity contribution in [2.24, 2.45) is 0 Å². The van der Waals surface area contributed by atoms with Crippen molar-refractivity contribution in [3.63, 3.8) is 0 Å². The summed E-state index contributed by atoms with van der Waals surface area (Å²) in [6.45, 7) is 5.49. The first-order valence-corrected chi connectivity index (χ1v) is 9.49. The van der Waals surface area contributed by atoms with Gasteiger partial charge in [-0.2, -0.15) is 0 Å². The van der Waals surface area contributed by atoms with Crippen LogP contribution in [-0.2, 0) is 4.79 Å². The van der Waals surface area contributed by atoms with Gasteiger partial charge in [-0.1, -0.05) is 36.0 Å². The van der Waals surface area contributed by atoms with Crippen LogP contribution in [0.15, 0.2) is 58.5 Å². The molecule has 0 aliphatic heterocycles. The Morgan fingerprint density at radius 1 is 1.11 bits per heavy atom. The van der Waals surface area contributed by atoms with E-state index >= 15 is 0 Å². The van der Waals surface area contributed by atoms with Crippen LogP contribution in [0.3, 0.4) is 0 Å². The number of nitrogens with zero attached hydrogens (tertiary/aromatic N) is 2. The van der Waals surface area contributed by atoms with Gasteiger partial charge in [0.05, 0.1) is 21.8 Å². The predicted molar refractivity (Wildman–Crippen MR) is 107 cm³/mol. The SMILES string of the molecule is CC(C)n1c(S[C@@H](C)C(=O)Nc2ccccc2F)nc2ccccc2c1=O. The molecule has 3 aromatic rings. The van der Waals surface area contributed by atoms with Crippen LogP contribution in [0.4, 0.5) is 10.1 Å². The van der Waals surface area contributed by atoms with Crippen LogP contribution < -0.4 is 10.9 Å². The number of benzene rings is 2. The van der Waals surface area contributed by atoms with Gasteiger partial charge >= 0.3 is 0 Å². The number of hydrogen-bond donors (Lipinski definition) is 1. The summed E-state index contributed by atoms with van der Waals surface area (Å²) in [6.07, 6.45) is 0. The first kappa shape index (κ1) is 19.1. The molecule has 0 radical (unpaired) electrons. The van der Waals surface area contributed by atoms with Gasteiger partial charge in [-0.25, -0.2) is 9.37 Å². The number of carbonyl (C=O) groups is 1. The van der Waals surface area contributed by atoms with Crippen LogP contribution in [-0.4, -0.2) is 20.7 Å². The van der Waals surface area contributed by atoms with E-state index in [1.807, 2.05) is 19.9 Å². The van der Waals surface area contributed by atoms with Crippen LogP contribution in [0.25, 0.3) is 10.9 Å². The Labute approximate surface area is 160 Å². The van der Waals surface area contributed by atoms with Gasteiger partial charge in [0.1, 0.15) is 5.82 Å². The summed E-state index contributed by atoms with van der Waals surface area (Å²) in [5.41, 5.74) is 0.575. The number of aromatic nitrogens is 2. The van der Waals surface area contributed by atoms with E-state index in [4.69, 9.17) is 0 Å². The standard InChI is InChI=1S/C20H20FN3O2S/c1-12(2)24-19(26)14-8-4-6-10-16(14)23-20(24)27-13(3)18(25)22-17-11-7-5-9-15(17)21/h4-13H,1-3H3,(H,22,25)/t13-/m0/s1. The number of thioether (sulfide) groups is 1. The summed E-state index contributed by atoms with van der Waals surface area (Å²) in [4.78, 5) is 29.9. The summed E-state index contributed by atoms with van der Waals surface area (Å²) in [7, 11) is 0. The van der Waals surface area contributed by atoms with Gasteiger partial charge in [0, 0.05) is 6.04 Å². The van der Waals surface area contributed by atoms with Crippen molar-refractivity contribution in [3.05, 3.63) is 64.7 Å². The number of fused-ring (bicyclic) bond motifs is 1. The van der Waals surface area contributed by atoms with Crippen molar-refractivity contribution in [2.75, 3.05) is 5.32 Å². The molecule has 0 saturated heterocycles. The molecule has 1 N–H and O–H groups in total. The maximum Gasteiger partial charge on any atom is 0.262 e. The molecule has 27 heavy (non-hydrogen) atoms. The summed E-state index contributed by atoms with van der Waals surface area (Å²) in [5.74, 6) is -0.853. The van der Waals surface area contributed by atoms with E-state index in [-0.39, 0.29) is 23.2 Å². The average molecular weight is 385 g/mol. The number of nitrogens with one attached hydrogen (secondary N) is 1. The Morgan fingerprint density at radius 2 is 1.78 bits per heavy atom. The maximum absolute atomic E-state index is 13.8. The van der Waals surface area contributed by atoms with Crippen molar-refractivity contribution in [2.45, 2.75) is 37.2 Å². The molecular formula is C20H20FN3O2S. The van der Waals surface area contributed by atoms with Gasteiger partial charge in [-0.3, -0.25) is 14.2 Å². The summed E-state index contributed by atoms with van der Waals surface area (Å²) in [6, 6.07) is 13.0. The number of halogens is 1. The highest BCUT2D eigenvalue weighted by Gasteiger charge is 2.21. The third-order valence-corrected chi connectivity index (χ3v) is 5.14. The Hall–Kier alpha value is -2.67. The third-order valence-electron chi connectivity index (χ3n) is 4.07. The highest BCUT2D eigenvalue weighted by Crippen LogP contribution is 2.26. The van der Waals surface area contributed by atoms with Crippen LogP contribution in [0, 0.1) is 5.82 Å². The molecule has 0 saturated carbocycles. The van der Waals surface area contributed by atoms with Crippen molar-refractivity contribution in [3.8, 4) is 0 Å². The van der Waals surface area contributed by atoms with Crippen molar-refractivity contribution >= 4 is 34.3 Å². The number of amides is 1. The number of para-hydroxylation sites is 2. The molecule has 2 aromatic carbocycles. The molecule has 1 amide bonds. The summed E-state index contributed by atoms with van der Waals surface area (Å²) >= 11 is 1.18. The quantitative estimate of drug-likeness (QED) is 0.527. The van der Waals surface area contributed by atoms with E-state index in [0.717, 1.165) is 0 Å². The second kappa shape index (κ2) is 7.92. The van der Waals surface area contributed by atoms with Gasteiger partial charge in [0.15, 0.2) is 5.16 Å². The Morgan fingerprint density at radius 3 is 2.48 bits per heavy atom. The summed E-state index contributed by atoms with van der Waals surface area (Å²) < 4.78 is 15.3. The largest absolute Gasteiger partial charge is 0.323 e. The van der Waals surface area contributed by atoms with Gasteiger partial charge in [0.25, 0.3) is 5.56 Å². The van der Waals surface area contributed by atoms with E-state index in [9.17, 15) is 14.0 Å². The monoisotopic (exact) mass is 385 g/mol. The molecule has 5 nitrogen and oxygen atoms in total. The number of rotatable bonds is 5. The molecule has 140 valence electrons. The minimum Gasteiger partial charge on any atom is -0.323 e. The molecule has 1 aromatic heterocycles. The topological polar surface area (TPSA) is 64.0 Å². The lowest BCUT2D eigenvalue weighted by molar-refractivity contribution is -0.115. The molecule has 0 spiro atoms. The second-order valence-corrected chi connectivity index (χ2v) is 7.72. The predicted octanol–water partition coefficient (Wildman–Crippen LogP) is 4.24. The van der Waals surface area contributed by atoms with E-state index in [1.54, 1.807) is 41.8 Å². The second-order valence-electron chi connectivity index (χ2n) is 6.41. The smallest absolute Gasteiger partial charge is 0.262 e. The van der Waals surface area contributed by atoms with Gasteiger partial charge in [0.2, 0.25) is 5.91 Å². The first-order chi connectivity index (χ1) is 12.9. The maximum atomic E-state index is 13.8. The van der Waals surface area contributed by atoms with Gasteiger partial charge < -0.3 is 5.32 Å². The van der Waals surface area contributed by atoms with Crippen LogP contribution in [0.5, 0.6) is 0 Å². The fraction of sp³-hybridized carbons (Fsp3) is 0.250. The number of hydrogen-bond acceptors (Lipinski definition) is 4. The van der Waals surface area contributed by atoms with E-state index < -0.39 is 11.1 Å². The molecule has 0 fully saturated rings. The highest BCUT2D eigenvalue weighted by atomic mass is 32.2. The third kappa shape index (κ3) is 4.03. The van der Waals surface area contributed by atoms with Gasteiger partial charge in [-0.05, 0) is 45.0 Å². The highest BCUT2D eigenvalue weighted by molar-refractivity contribution is 8.00. The lowest BCUT2D eigenvalue weighted by Crippen LogP contribution is -2.28. The zero-order chi connectivity index (χ0) is 19.6. The van der Waals surface area contributed by atoms with E-state index in [1.165, 1.54) is 23.9 Å². The summed E-state index contributed by atoms with van der Waals surface area (Å²) in [5, 5.41) is 3.02. The van der Waals surface area contributed by atoms with Crippen LogP contribution in [0.2, 0.25) is 0 Å². The number of carbonyl (C=O) groups excluding carboxylic acids is 1. The average Bonchev–Trinajstić information content (AvgIpc) is 2.63. The minimum atomic E-state index is -0.567. The fourth-order valence-electron chi connectivity index (χ4n) is 2.67. The molecule has 0 unspecified atom stereocenters. The molecular weight excluding hydrogens is 365 g/mol. The lowest BCUT2D eigenvalue weighted by atomic mass is 10.2. The van der Waals surface area contributed by atoms with Crippen LogP contribution >= 0.6 is 11.8 Å². The van der Waals surface area contributed by atoms with Crippen molar-refractivity contribution in [1.29, 1.82) is 0 Å². The van der Waals surface area contributed by atoms with Gasteiger partial charge in [-0.15, -0.1) is 0 Å². The Kier molecular flexibility index (Phi) is 5.60. The first-order valence-electron chi connectivity index (χ1n) is 8.62. The molecule has 3 rings (SSSR count). The molecule has 1 heterocycles. The van der Waals surface area contributed by atoms with Crippen molar-refractivity contribution < 1.29 is 9.18 Å². The molecule has 0 aliphatic rings. The van der Waals surface area contributed by atoms with Crippen LogP contribution in [0.1, 0.15) is 26.8 Å². The minimum absolute atomic E-state index is 0.112. The van der Waals surface area contributed by atoms with E-state index in [0.29, 0.717) is 16.1 Å². The van der Waals surface area contributed by atoms with E-state index in [2.05, 4.69) is 10.3 Å². The Bertz CT molecular complexity index is 1050. The normalized spacial score (nSPS) is 12.3.